The molecule has 2 N–H and O–H groups in total. The molecule has 1 fully saturated rings. The molecule has 0 aromatic heterocycles. The number of nitrogens with one attached hydrogen (secondary N) is 2. The van der Waals surface area contributed by atoms with E-state index in [1.54, 1.807) is 18.2 Å². The number of nitriles is 1. The third-order valence-corrected chi connectivity index (χ3v) is 3.05. The van der Waals surface area contributed by atoms with Crippen LogP contribution in [0, 0.1) is 11.3 Å². The Morgan fingerprint density at radius 3 is 2.90 bits per heavy atom. The molecule has 2 rings (SSSR count). The minimum atomic E-state index is -0.499. The number of hydrogen-bond acceptors (Lipinski definition) is 4. The van der Waals surface area contributed by atoms with Crippen LogP contribution in [0.2, 0.25) is 5.02 Å². The minimum Gasteiger partial charge on any atom is -0.495 e. The Bertz CT molecular complexity index is 589. The van der Waals surface area contributed by atoms with Crippen molar-refractivity contribution in [2.75, 3.05) is 12.4 Å². The maximum Gasteiger partial charge on any atom is 0.267 e. The predicted octanol–water partition coefficient (Wildman–Crippen LogP) is 2.45. The number of carbonyl (C=O) groups excluding carboxylic acids is 1. The third kappa shape index (κ3) is 3.65. The minimum absolute atomic E-state index is 0.0129. The fraction of sp³-hybridized carbons (Fsp3) is 0.286. The average Bonchev–Trinajstić information content (AvgIpc) is 3.24. The fourth-order valence-electron chi connectivity index (χ4n) is 1.57. The molecule has 0 bridgehead atoms. The van der Waals surface area contributed by atoms with E-state index in [-0.39, 0.29) is 5.57 Å². The van der Waals surface area contributed by atoms with Crippen molar-refractivity contribution in [2.24, 2.45) is 0 Å². The zero-order chi connectivity index (χ0) is 14.5. The van der Waals surface area contributed by atoms with Crippen LogP contribution in [0.1, 0.15) is 12.8 Å². The van der Waals surface area contributed by atoms with Gasteiger partial charge >= 0.3 is 0 Å². The van der Waals surface area contributed by atoms with Crippen molar-refractivity contribution in [3.05, 3.63) is 35.0 Å². The molecule has 0 saturated heterocycles. The standard InChI is InChI=1S/C14H14ClN3O2/c1-20-13-5-2-10(15)6-12(13)18-14(19)9(7-16)8-17-11-3-4-11/h2,5-6,8,11,17H,3-4H2,1H3,(H,18,19)/b9-8-. The SMILES string of the molecule is COc1ccc(Cl)cc1NC(=O)/C(C#N)=C\NC1CC1. The van der Waals surface area contributed by atoms with Gasteiger partial charge in [-0.1, -0.05) is 11.6 Å². The number of anilines is 1. The third-order valence-electron chi connectivity index (χ3n) is 2.82. The van der Waals surface area contributed by atoms with E-state index in [0.29, 0.717) is 22.5 Å². The average molecular weight is 292 g/mol. The number of methoxy groups -OCH3 is 1. The van der Waals surface area contributed by atoms with E-state index in [1.807, 2.05) is 6.07 Å². The van der Waals surface area contributed by atoms with Crippen LogP contribution in [-0.4, -0.2) is 19.1 Å². The summed E-state index contributed by atoms with van der Waals surface area (Å²) >= 11 is 5.88. The van der Waals surface area contributed by atoms with Crippen LogP contribution in [-0.2, 0) is 4.79 Å². The lowest BCUT2D eigenvalue weighted by molar-refractivity contribution is -0.112. The number of hydrogen-bond donors (Lipinski definition) is 2. The van der Waals surface area contributed by atoms with E-state index in [4.69, 9.17) is 21.6 Å². The van der Waals surface area contributed by atoms with Crippen molar-refractivity contribution in [3.63, 3.8) is 0 Å². The van der Waals surface area contributed by atoms with Gasteiger partial charge in [-0.15, -0.1) is 0 Å². The Labute approximate surface area is 122 Å². The molecule has 6 heteroatoms. The molecular formula is C14H14ClN3O2. The number of amides is 1. The summed E-state index contributed by atoms with van der Waals surface area (Å²) in [5.41, 5.74) is 0.441. The highest BCUT2D eigenvalue weighted by Gasteiger charge is 2.20. The lowest BCUT2D eigenvalue weighted by Crippen LogP contribution is -2.17. The van der Waals surface area contributed by atoms with Gasteiger partial charge in [0.2, 0.25) is 0 Å². The molecular weight excluding hydrogens is 278 g/mol. The number of ether oxygens (including phenoxy) is 1. The van der Waals surface area contributed by atoms with Gasteiger partial charge in [-0.25, -0.2) is 0 Å². The topological polar surface area (TPSA) is 74.1 Å². The Kier molecular flexibility index (Phi) is 4.49. The first-order valence-corrected chi connectivity index (χ1v) is 6.53. The first-order chi connectivity index (χ1) is 9.63. The van der Waals surface area contributed by atoms with Gasteiger partial charge in [0.1, 0.15) is 17.4 Å². The van der Waals surface area contributed by atoms with E-state index >= 15 is 0 Å². The van der Waals surface area contributed by atoms with E-state index in [2.05, 4.69) is 10.6 Å². The van der Waals surface area contributed by atoms with Crippen LogP contribution in [0.5, 0.6) is 5.75 Å². The predicted molar refractivity (Wildman–Crippen MR) is 76.5 cm³/mol. The molecule has 104 valence electrons. The second kappa shape index (κ2) is 6.31. The summed E-state index contributed by atoms with van der Waals surface area (Å²) in [6.45, 7) is 0. The number of nitrogens with zero attached hydrogens (tertiary/aromatic N) is 1. The van der Waals surface area contributed by atoms with Gasteiger partial charge < -0.3 is 15.4 Å². The zero-order valence-electron chi connectivity index (χ0n) is 10.9. The maximum atomic E-state index is 12.0. The van der Waals surface area contributed by atoms with Crippen LogP contribution in [0.15, 0.2) is 30.0 Å². The highest BCUT2D eigenvalue weighted by molar-refractivity contribution is 6.31. The molecule has 20 heavy (non-hydrogen) atoms. The van der Waals surface area contributed by atoms with Crippen LogP contribution >= 0.6 is 11.6 Å². The summed E-state index contributed by atoms with van der Waals surface area (Å²) in [7, 11) is 1.49. The molecule has 0 radical (unpaired) electrons. The summed E-state index contributed by atoms with van der Waals surface area (Å²) in [6, 6.07) is 7.13. The molecule has 0 heterocycles. The second-order valence-electron chi connectivity index (χ2n) is 4.41. The number of benzene rings is 1. The van der Waals surface area contributed by atoms with Gasteiger partial charge in [0.05, 0.1) is 12.8 Å². The molecule has 1 aromatic carbocycles. The molecule has 1 aliphatic carbocycles. The van der Waals surface area contributed by atoms with Crippen LogP contribution in [0.4, 0.5) is 5.69 Å². The molecule has 0 unspecified atom stereocenters. The number of carbonyl (C=O) groups is 1. The van der Waals surface area contributed by atoms with Gasteiger partial charge in [-0.2, -0.15) is 5.26 Å². The molecule has 1 saturated carbocycles. The lowest BCUT2D eigenvalue weighted by atomic mass is 10.2. The van der Waals surface area contributed by atoms with Gasteiger partial charge in [-0.3, -0.25) is 4.79 Å². The van der Waals surface area contributed by atoms with Crippen LogP contribution in [0.3, 0.4) is 0 Å². The Balaban J connectivity index is 2.11. The molecule has 0 spiro atoms. The fourth-order valence-corrected chi connectivity index (χ4v) is 1.74. The first-order valence-electron chi connectivity index (χ1n) is 6.15. The smallest absolute Gasteiger partial charge is 0.267 e. The van der Waals surface area contributed by atoms with E-state index in [1.165, 1.54) is 13.3 Å². The number of halogens is 1. The van der Waals surface area contributed by atoms with Crippen LogP contribution in [0.25, 0.3) is 0 Å². The molecule has 5 nitrogen and oxygen atoms in total. The largest absolute Gasteiger partial charge is 0.495 e. The van der Waals surface area contributed by atoms with Crippen molar-refractivity contribution >= 4 is 23.2 Å². The Hall–Kier alpha value is -2.19. The van der Waals surface area contributed by atoms with Crippen molar-refractivity contribution < 1.29 is 9.53 Å². The zero-order valence-corrected chi connectivity index (χ0v) is 11.7. The molecule has 1 aliphatic rings. The van der Waals surface area contributed by atoms with Crippen molar-refractivity contribution in [1.29, 1.82) is 5.26 Å². The van der Waals surface area contributed by atoms with Crippen molar-refractivity contribution in [1.82, 2.24) is 5.32 Å². The van der Waals surface area contributed by atoms with E-state index < -0.39 is 5.91 Å². The molecule has 0 atom stereocenters. The Morgan fingerprint density at radius 2 is 2.30 bits per heavy atom. The first kappa shape index (κ1) is 14.2. The molecule has 1 aromatic rings. The van der Waals surface area contributed by atoms with Gasteiger partial charge in [0.25, 0.3) is 5.91 Å². The summed E-state index contributed by atoms with van der Waals surface area (Å²) in [5, 5.41) is 15.1. The van der Waals surface area contributed by atoms with E-state index in [0.717, 1.165) is 12.8 Å². The maximum absolute atomic E-state index is 12.0. The van der Waals surface area contributed by atoms with Gasteiger partial charge in [0, 0.05) is 17.3 Å². The summed E-state index contributed by atoms with van der Waals surface area (Å²) < 4.78 is 5.13. The quantitative estimate of drug-likeness (QED) is 0.645. The Morgan fingerprint density at radius 1 is 1.55 bits per heavy atom. The monoisotopic (exact) mass is 291 g/mol. The van der Waals surface area contributed by atoms with E-state index in [9.17, 15) is 4.79 Å². The number of rotatable bonds is 5. The second-order valence-corrected chi connectivity index (χ2v) is 4.85. The normalized spacial score (nSPS) is 14.3. The summed E-state index contributed by atoms with van der Waals surface area (Å²) in [6.07, 6.45) is 3.59. The van der Waals surface area contributed by atoms with Crippen molar-refractivity contribution in [2.45, 2.75) is 18.9 Å². The van der Waals surface area contributed by atoms with Crippen LogP contribution < -0.4 is 15.4 Å². The molecule has 1 amide bonds. The summed E-state index contributed by atoms with van der Waals surface area (Å²) in [5.74, 6) is -0.0172. The lowest BCUT2D eigenvalue weighted by Gasteiger charge is -2.10. The van der Waals surface area contributed by atoms with Gasteiger partial charge in [-0.05, 0) is 31.0 Å². The highest BCUT2D eigenvalue weighted by atomic mass is 35.5. The molecule has 0 aliphatic heterocycles. The highest BCUT2D eigenvalue weighted by Crippen LogP contribution is 2.28. The van der Waals surface area contributed by atoms with Gasteiger partial charge in [0.15, 0.2) is 0 Å². The summed E-state index contributed by atoms with van der Waals surface area (Å²) in [4.78, 5) is 12.0. The van der Waals surface area contributed by atoms with Crippen molar-refractivity contribution in [3.8, 4) is 11.8 Å².